The van der Waals surface area contributed by atoms with Crippen LogP contribution in [0.2, 0.25) is 0 Å². The van der Waals surface area contributed by atoms with Gasteiger partial charge in [0.1, 0.15) is 17.5 Å². The number of benzene rings is 1. The quantitative estimate of drug-likeness (QED) is 0.568. The lowest BCUT2D eigenvalue weighted by molar-refractivity contribution is 0.0526. The zero-order valence-electron chi connectivity index (χ0n) is 14.1. The Bertz CT molecular complexity index is 674. The molecular formula is C17H22N4O3. The number of hydrogen-bond acceptors (Lipinski definition) is 7. The van der Waals surface area contributed by atoms with Gasteiger partial charge in [-0.05, 0) is 38.1 Å². The van der Waals surface area contributed by atoms with Gasteiger partial charge < -0.3 is 20.1 Å². The van der Waals surface area contributed by atoms with Gasteiger partial charge in [-0.1, -0.05) is 0 Å². The summed E-state index contributed by atoms with van der Waals surface area (Å²) in [6.07, 6.45) is 0. The summed E-state index contributed by atoms with van der Waals surface area (Å²) >= 11 is 0. The van der Waals surface area contributed by atoms with Gasteiger partial charge in [0.15, 0.2) is 0 Å². The van der Waals surface area contributed by atoms with Crippen molar-refractivity contribution in [2.75, 3.05) is 37.5 Å². The second-order valence-electron chi connectivity index (χ2n) is 5.03. The second kappa shape index (κ2) is 8.83. The highest BCUT2D eigenvalue weighted by molar-refractivity contribution is 5.89. The standard InChI is InChI=1S/C17H22N4O3/c1-4-24-17(22)13-5-7-14(8-6-13)21-16-11-15(18-9-10-23-3)19-12(2)20-16/h5-8,11H,4,9-10H2,1-3H3,(H2,18,19,20,21). The molecule has 2 N–H and O–H groups in total. The van der Waals surface area contributed by atoms with Crippen LogP contribution in [0.15, 0.2) is 30.3 Å². The Morgan fingerprint density at radius 2 is 1.88 bits per heavy atom. The molecule has 2 aromatic rings. The van der Waals surface area contributed by atoms with Crippen molar-refractivity contribution in [3.05, 3.63) is 41.7 Å². The highest BCUT2D eigenvalue weighted by atomic mass is 16.5. The summed E-state index contributed by atoms with van der Waals surface area (Å²) in [5, 5.41) is 6.37. The monoisotopic (exact) mass is 330 g/mol. The third kappa shape index (κ3) is 5.20. The molecule has 0 aliphatic rings. The van der Waals surface area contributed by atoms with Gasteiger partial charge in [0.05, 0.1) is 18.8 Å². The lowest BCUT2D eigenvalue weighted by Gasteiger charge is -2.10. The molecular weight excluding hydrogens is 308 g/mol. The number of esters is 1. The minimum Gasteiger partial charge on any atom is -0.462 e. The third-order valence-electron chi connectivity index (χ3n) is 3.12. The van der Waals surface area contributed by atoms with Crippen LogP contribution < -0.4 is 10.6 Å². The van der Waals surface area contributed by atoms with E-state index in [1.54, 1.807) is 26.2 Å². The molecule has 0 atom stereocenters. The first-order chi connectivity index (χ1) is 11.6. The van der Waals surface area contributed by atoms with Crippen molar-refractivity contribution in [1.82, 2.24) is 9.97 Å². The van der Waals surface area contributed by atoms with Crippen LogP contribution >= 0.6 is 0 Å². The van der Waals surface area contributed by atoms with Crippen molar-refractivity contribution in [2.45, 2.75) is 13.8 Å². The van der Waals surface area contributed by atoms with Crippen LogP contribution in [0, 0.1) is 6.92 Å². The lowest BCUT2D eigenvalue weighted by Crippen LogP contribution is -2.10. The van der Waals surface area contributed by atoms with Crippen LogP contribution in [0.4, 0.5) is 17.3 Å². The Morgan fingerprint density at radius 1 is 1.17 bits per heavy atom. The predicted molar refractivity (Wildman–Crippen MR) is 92.8 cm³/mol. The number of methoxy groups -OCH3 is 1. The van der Waals surface area contributed by atoms with Gasteiger partial charge in [-0.2, -0.15) is 0 Å². The summed E-state index contributed by atoms with van der Waals surface area (Å²) in [6.45, 7) is 5.24. The van der Waals surface area contributed by atoms with E-state index in [2.05, 4.69) is 20.6 Å². The Morgan fingerprint density at radius 3 is 2.54 bits per heavy atom. The molecule has 0 radical (unpaired) electrons. The molecule has 0 saturated heterocycles. The number of nitrogens with one attached hydrogen (secondary N) is 2. The summed E-state index contributed by atoms with van der Waals surface area (Å²) < 4.78 is 9.97. The molecule has 0 aliphatic carbocycles. The van der Waals surface area contributed by atoms with Crippen LogP contribution in [-0.2, 0) is 9.47 Å². The maximum absolute atomic E-state index is 11.6. The highest BCUT2D eigenvalue weighted by Gasteiger charge is 2.07. The van der Waals surface area contributed by atoms with Crippen molar-refractivity contribution in [3.8, 4) is 0 Å². The van der Waals surface area contributed by atoms with E-state index >= 15 is 0 Å². The molecule has 0 amide bonds. The van der Waals surface area contributed by atoms with Gasteiger partial charge in [0, 0.05) is 25.4 Å². The maximum atomic E-state index is 11.6. The van der Waals surface area contributed by atoms with Gasteiger partial charge in [-0.25, -0.2) is 14.8 Å². The topological polar surface area (TPSA) is 85.4 Å². The molecule has 0 unspecified atom stereocenters. The molecule has 1 heterocycles. The fraction of sp³-hybridized carbons (Fsp3) is 0.353. The van der Waals surface area contributed by atoms with E-state index in [0.717, 1.165) is 11.5 Å². The highest BCUT2D eigenvalue weighted by Crippen LogP contribution is 2.18. The van der Waals surface area contributed by atoms with E-state index in [0.29, 0.717) is 37.0 Å². The molecule has 7 heteroatoms. The number of ether oxygens (including phenoxy) is 2. The molecule has 128 valence electrons. The number of anilines is 3. The summed E-state index contributed by atoms with van der Waals surface area (Å²) in [5.74, 6) is 1.73. The molecule has 1 aromatic carbocycles. The molecule has 0 fully saturated rings. The van der Waals surface area contributed by atoms with Gasteiger partial charge in [-0.3, -0.25) is 0 Å². The number of carbonyl (C=O) groups excluding carboxylic acids is 1. The van der Waals surface area contributed by atoms with Crippen molar-refractivity contribution in [3.63, 3.8) is 0 Å². The smallest absolute Gasteiger partial charge is 0.338 e. The molecule has 0 bridgehead atoms. The number of aromatic nitrogens is 2. The zero-order chi connectivity index (χ0) is 17.4. The summed E-state index contributed by atoms with van der Waals surface area (Å²) in [7, 11) is 1.65. The van der Waals surface area contributed by atoms with Gasteiger partial charge in [-0.15, -0.1) is 0 Å². The maximum Gasteiger partial charge on any atom is 0.338 e. The van der Waals surface area contributed by atoms with Crippen LogP contribution in [0.25, 0.3) is 0 Å². The van der Waals surface area contributed by atoms with E-state index in [1.807, 2.05) is 25.1 Å². The summed E-state index contributed by atoms with van der Waals surface area (Å²) in [4.78, 5) is 20.3. The second-order valence-corrected chi connectivity index (χ2v) is 5.03. The first-order valence-corrected chi connectivity index (χ1v) is 7.75. The van der Waals surface area contributed by atoms with Gasteiger partial charge >= 0.3 is 5.97 Å². The van der Waals surface area contributed by atoms with Crippen molar-refractivity contribution >= 4 is 23.3 Å². The first kappa shape index (κ1) is 17.7. The first-order valence-electron chi connectivity index (χ1n) is 7.75. The summed E-state index contributed by atoms with van der Waals surface area (Å²) in [5.41, 5.74) is 1.34. The average molecular weight is 330 g/mol. The molecule has 24 heavy (non-hydrogen) atoms. The number of hydrogen-bond donors (Lipinski definition) is 2. The van der Waals surface area contributed by atoms with E-state index in [1.165, 1.54) is 0 Å². The fourth-order valence-electron chi connectivity index (χ4n) is 2.06. The predicted octanol–water partition coefficient (Wildman–Crippen LogP) is 2.76. The molecule has 1 aromatic heterocycles. The number of nitrogens with zero attached hydrogens (tertiary/aromatic N) is 2. The SMILES string of the molecule is CCOC(=O)c1ccc(Nc2cc(NCCOC)nc(C)n2)cc1. The van der Waals surface area contributed by atoms with Gasteiger partial charge in [0.25, 0.3) is 0 Å². The number of carbonyl (C=O) groups is 1. The molecule has 0 spiro atoms. The normalized spacial score (nSPS) is 10.3. The Balaban J connectivity index is 2.06. The van der Waals surface area contributed by atoms with Crippen molar-refractivity contribution < 1.29 is 14.3 Å². The molecule has 7 nitrogen and oxygen atoms in total. The number of aryl methyl sites for hydroxylation is 1. The minimum atomic E-state index is -0.327. The largest absolute Gasteiger partial charge is 0.462 e. The van der Waals surface area contributed by atoms with E-state index in [-0.39, 0.29) is 5.97 Å². The Labute approximate surface area is 141 Å². The van der Waals surface area contributed by atoms with Crippen LogP contribution in [0.1, 0.15) is 23.1 Å². The van der Waals surface area contributed by atoms with E-state index < -0.39 is 0 Å². The van der Waals surface area contributed by atoms with Crippen LogP contribution in [0.5, 0.6) is 0 Å². The van der Waals surface area contributed by atoms with E-state index in [4.69, 9.17) is 9.47 Å². The Hall–Kier alpha value is -2.67. The molecule has 0 aliphatic heterocycles. The molecule has 2 rings (SSSR count). The number of rotatable bonds is 8. The van der Waals surface area contributed by atoms with Gasteiger partial charge in [0.2, 0.25) is 0 Å². The molecule has 0 saturated carbocycles. The fourth-order valence-corrected chi connectivity index (χ4v) is 2.06. The van der Waals surface area contributed by atoms with Crippen molar-refractivity contribution in [1.29, 1.82) is 0 Å². The third-order valence-corrected chi connectivity index (χ3v) is 3.12. The summed E-state index contributed by atoms with van der Waals surface area (Å²) in [6, 6.07) is 8.86. The Kier molecular flexibility index (Phi) is 6.51. The average Bonchev–Trinajstić information content (AvgIpc) is 2.55. The van der Waals surface area contributed by atoms with Crippen molar-refractivity contribution in [2.24, 2.45) is 0 Å². The van der Waals surface area contributed by atoms with Crippen LogP contribution in [0.3, 0.4) is 0 Å². The van der Waals surface area contributed by atoms with Crippen LogP contribution in [-0.4, -0.2) is 42.8 Å². The van der Waals surface area contributed by atoms with E-state index in [9.17, 15) is 4.79 Å². The minimum absolute atomic E-state index is 0.327. The lowest BCUT2D eigenvalue weighted by atomic mass is 10.2. The zero-order valence-corrected chi connectivity index (χ0v) is 14.1.